The van der Waals surface area contributed by atoms with Crippen molar-refractivity contribution in [2.24, 2.45) is 0 Å². The monoisotopic (exact) mass is 340 g/mol. The fourth-order valence-corrected chi connectivity index (χ4v) is 2.42. The van der Waals surface area contributed by atoms with E-state index < -0.39 is 5.82 Å². The van der Waals surface area contributed by atoms with Crippen LogP contribution in [0.4, 0.5) is 10.1 Å². The molecular weight excluding hydrogens is 335 g/mol. The van der Waals surface area contributed by atoms with E-state index in [0.717, 1.165) is 4.47 Å². The molecule has 3 aromatic rings. The van der Waals surface area contributed by atoms with Crippen LogP contribution in [0.2, 0.25) is 5.02 Å². The molecule has 0 unspecified atom stereocenters. The van der Waals surface area contributed by atoms with Gasteiger partial charge in [0.15, 0.2) is 5.58 Å². The van der Waals surface area contributed by atoms with Crippen LogP contribution in [0.1, 0.15) is 0 Å². The number of nitrogens with two attached hydrogens (primary N) is 1. The molecule has 0 saturated heterocycles. The predicted octanol–water partition coefficient (Wildman–Crippen LogP) is 4.63. The van der Waals surface area contributed by atoms with Gasteiger partial charge in [-0.05, 0) is 30.3 Å². The maximum atomic E-state index is 13.1. The van der Waals surface area contributed by atoms with Gasteiger partial charge < -0.3 is 10.2 Å². The molecule has 0 aliphatic rings. The van der Waals surface area contributed by atoms with Gasteiger partial charge in [0, 0.05) is 10.0 Å². The minimum absolute atomic E-state index is 0.0221. The van der Waals surface area contributed by atoms with E-state index in [-0.39, 0.29) is 5.02 Å². The standard InChI is InChI=1S/C13H7BrClFN2O/c14-7-4-10(17)12-11(5-7)18-13(19-12)6-1-2-9(16)8(15)3-6/h1-5H,17H2. The fourth-order valence-electron chi connectivity index (χ4n) is 1.78. The average molecular weight is 342 g/mol. The number of hydrogen-bond acceptors (Lipinski definition) is 3. The van der Waals surface area contributed by atoms with Gasteiger partial charge in [-0.25, -0.2) is 9.37 Å². The summed E-state index contributed by atoms with van der Waals surface area (Å²) in [6.45, 7) is 0. The summed E-state index contributed by atoms with van der Waals surface area (Å²) in [4.78, 5) is 4.32. The zero-order chi connectivity index (χ0) is 13.6. The summed E-state index contributed by atoms with van der Waals surface area (Å²) < 4.78 is 19.5. The summed E-state index contributed by atoms with van der Waals surface area (Å²) in [6.07, 6.45) is 0. The third-order valence-corrected chi connectivity index (χ3v) is 3.40. The Morgan fingerprint density at radius 2 is 2.05 bits per heavy atom. The number of rotatable bonds is 1. The second-order valence-corrected chi connectivity index (χ2v) is 5.31. The Labute approximate surface area is 121 Å². The number of aromatic nitrogens is 1. The topological polar surface area (TPSA) is 52.0 Å². The lowest BCUT2D eigenvalue weighted by Gasteiger charge is -1.97. The van der Waals surface area contributed by atoms with Crippen LogP contribution in [0, 0.1) is 5.82 Å². The molecule has 0 aliphatic carbocycles. The Hall–Kier alpha value is -1.59. The van der Waals surface area contributed by atoms with Crippen molar-refractivity contribution in [1.82, 2.24) is 4.98 Å². The normalized spacial score (nSPS) is 11.1. The van der Waals surface area contributed by atoms with Crippen molar-refractivity contribution in [3.8, 4) is 11.5 Å². The molecule has 19 heavy (non-hydrogen) atoms. The highest BCUT2D eigenvalue weighted by Crippen LogP contribution is 2.31. The zero-order valence-corrected chi connectivity index (χ0v) is 11.8. The van der Waals surface area contributed by atoms with Gasteiger partial charge in [0.05, 0.1) is 10.7 Å². The van der Waals surface area contributed by atoms with Gasteiger partial charge in [0.1, 0.15) is 11.3 Å². The number of oxazole rings is 1. The molecule has 96 valence electrons. The van der Waals surface area contributed by atoms with E-state index in [1.165, 1.54) is 12.1 Å². The van der Waals surface area contributed by atoms with Gasteiger partial charge in [-0.1, -0.05) is 27.5 Å². The van der Waals surface area contributed by atoms with E-state index in [1.807, 2.05) is 0 Å². The summed E-state index contributed by atoms with van der Waals surface area (Å²) in [5.41, 5.74) is 8.06. The second-order valence-electron chi connectivity index (χ2n) is 3.99. The molecule has 0 amide bonds. The first kappa shape index (κ1) is 12.4. The first-order valence-electron chi connectivity index (χ1n) is 5.35. The van der Waals surface area contributed by atoms with Crippen LogP contribution in [0.5, 0.6) is 0 Å². The van der Waals surface area contributed by atoms with E-state index in [9.17, 15) is 4.39 Å². The Bertz CT molecular complexity index is 788. The van der Waals surface area contributed by atoms with Crippen LogP contribution < -0.4 is 5.73 Å². The van der Waals surface area contributed by atoms with Crippen molar-refractivity contribution in [2.45, 2.75) is 0 Å². The number of hydrogen-bond donors (Lipinski definition) is 1. The van der Waals surface area contributed by atoms with Crippen LogP contribution in [0.15, 0.2) is 39.2 Å². The Morgan fingerprint density at radius 1 is 1.26 bits per heavy atom. The largest absolute Gasteiger partial charge is 0.434 e. The summed E-state index contributed by atoms with van der Waals surface area (Å²) in [7, 11) is 0. The molecule has 3 rings (SSSR count). The van der Waals surface area contributed by atoms with Gasteiger partial charge in [0.2, 0.25) is 5.89 Å². The van der Waals surface area contributed by atoms with Crippen LogP contribution in [-0.4, -0.2) is 4.98 Å². The molecule has 0 spiro atoms. The van der Waals surface area contributed by atoms with Gasteiger partial charge in [-0.3, -0.25) is 0 Å². The molecule has 1 aromatic heterocycles. The van der Waals surface area contributed by atoms with E-state index in [1.54, 1.807) is 18.2 Å². The second kappa shape index (κ2) is 4.51. The molecule has 0 bridgehead atoms. The Morgan fingerprint density at radius 3 is 2.79 bits per heavy atom. The molecule has 2 N–H and O–H groups in total. The first-order chi connectivity index (χ1) is 9.04. The highest BCUT2D eigenvalue weighted by atomic mass is 79.9. The SMILES string of the molecule is Nc1cc(Br)cc2nc(-c3ccc(F)c(Cl)c3)oc12. The van der Waals surface area contributed by atoms with Crippen LogP contribution in [0.25, 0.3) is 22.6 Å². The number of halogens is 3. The fraction of sp³-hybridized carbons (Fsp3) is 0. The molecule has 0 radical (unpaired) electrons. The average Bonchev–Trinajstić information content (AvgIpc) is 2.76. The number of fused-ring (bicyclic) bond motifs is 1. The molecule has 6 heteroatoms. The summed E-state index contributed by atoms with van der Waals surface area (Å²) >= 11 is 9.08. The van der Waals surface area contributed by atoms with E-state index >= 15 is 0 Å². The maximum absolute atomic E-state index is 13.1. The van der Waals surface area contributed by atoms with Crippen molar-refractivity contribution >= 4 is 44.3 Å². The Balaban J connectivity index is 2.20. The third kappa shape index (κ3) is 2.19. The van der Waals surface area contributed by atoms with E-state index in [0.29, 0.717) is 28.2 Å². The first-order valence-corrected chi connectivity index (χ1v) is 6.52. The summed E-state index contributed by atoms with van der Waals surface area (Å²) in [5.74, 6) is -0.134. The minimum atomic E-state index is -0.483. The van der Waals surface area contributed by atoms with E-state index in [4.69, 9.17) is 21.8 Å². The number of nitrogen functional groups attached to an aromatic ring is 1. The van der Waals surface area contributed by atoms with Crippen molar-refractivity contribution in [3.05, 3.63) is 45.6 Å². The molecule has 0 atom stereocenters. The number of benzene rings is 2. The molecule has 3 nitrogen and oxygen atoms in total. The smallest absolute Gasteiger partial charge is 0.227 e. The van der Waals surface area contributed by atoms with Gasteiger partial charge in [-0.2, -0.15) is 0 Å². The van der Waals surface area contributed by atoms with Crippen LogP contribution >= 0.6 is 27.5 Å². The zero-order valence-electron chi connectivity index (χ0n) is 9.45. The highest BCUT2D eigenvalue weighted by Gasteiger charge is 2.12. The maximum Gasteiger partial charge on any atom is 0.227 e. The predicted molar refractivity (Wildman–Crippen MR) is 76.5 cm³/mol. The Kier molecular flexibility index (Phi) is 2.95. The number of nitrogens with zero attached hydrogens (tertiary/aromatic N) is 1. The molecule has 0 saturated carbocycles. The van der Waals surface area contributed by atoms with Crippen LogP contribution in [-0.2, 0) is 0 Å². The molecule has 2 aromatic carbocycles. The number of anilines is 1. The molecule has 0 fully saturated rings. The molecular formula is C13H7BrClFN2O. The molecule has 0 aliphatic heterocycles. The summed E-state index contributed by atoms with van der Waals surface area (Å²) in [6, 6.07) is 7.81. The molecule has 1 heterocycles. The van der Waals surface area contributed by atoms with Crippen LogP contribution in [0.3, 0.4) is 0 Å². The van der Waals surface area contributed by atoms with Crippen molar-refractivity contribution in [2.75, 3.05) is 5.73 Å². The minimum Gasteiger partial charge on any atom is -0.434 e. The lowest BCUT2D eigenvalue weighted by molar-refractivity contribution is 0.617. The highest BCUT2D eigenvalue weighted by molar-refractivity contribution is 9.10. The summed E-state index contributed by atoms with van der Waals surface area (Å²) in [5, 5.41) is 0.0221. The van der Waals surface area contributed by atoms with Gasteiger partial charge >= 0.3 is 0 Å². The lowest BCUT2D eigenvalue weighted by Crippen LogP contribution is -1.84. The van der Waals surface area contributed by atoms with Crippen molar-refractivity contribution in [3.63, 3.8) is 0 Å². The van der Waals surface area contributed by atoms with E-state index in [2.05, 4.69) is 20.9 Å². The quantitative estimate of drug-likeness (QED) is 0.656. The lowest BCUT2D eigenvalue weighted by atomic mass is 10.2. The van der Waals surface area contributed by atoms with Crippen molar-refractivity contribution in [1.29, 1.82) is 0 Å². The van der Waals surface area contributed by atoms with Gasteiger partial charge in [-0.15, -0.1) is 0 Å². The van der Waals surface area contributed by atoms with Crippen molar-refractivity contribution < 1.29 is 8.81 Å². The van der Waals surface area contributed by atoms with Gasteiger partial charge in [0.25, 0.3) is 0 Å². The third-order valence-electron chi connectivity index (χ3n) is 2.65.